The molecule has 0 unspecified atom stereocenters. The standard InChI is InChI=1S/C11H14ClN3O2/c1-7(16)14-10-4-3-8(5-9(10)12)15-11(17)6-13-2/h3-5,13H,6H2,1-2H3,(H,14,16)(H,15,17). The van der Waals surface area contributed by atoms with Crippen LogP contribution < -0.4 is 16.0 Å². The molecule has 0 heterocycles. The Labute approximate surface area is 105 Å². The van der Waals surface area contributed by atoms with Gasteiger partial charge in [0.1, 0.15) is 0 Å². The molecule has 2 amide bonds. The summed E-state index contributed by atoms with van der Waals surface area (Å²) in [6.45, 7) is 1.63. The summed E-state index contributed by atoms with van der Waals surface area (Å²) >= 11 is 5.95. The highest BCUT2D eigenvalue weighted by Gasteiger charge is 2.05. The topological polar surface area (TPSA) is 70.2 Å². The molecule has 0 aromatic heterocycles. The molecule has 1 aromatic carbocycles. The number of carbonyl (C=O) groups is 2. The van der Waals surface area contributed by atoms with Gasteiger partial charge in [-0.25, -0.2) is 0 Å². The highest BCUT2D eigenvalue weighted by atomic mass is 35.5. The van der Waals surface area contributed by atoms with Crippen LogP contribution in [0.15, 0.2) is 18.2 Å². The Kier molecular flexibility index (Phi) is 4.93. The van der Waals surface area contributed by atoms with E-state index in [-0.39, 0.29) is 18.4 Å². The summed E-state index contributed by atoms with van der Waals surface area (Å²) in [5.41, 5.74) is 1.11. The van der Waals surface area contributed by atoms with Gasteiger partial charge in [-0.05, 0) is 25.2 Å². The predicted molar refractivity (Wildman–Crippen MR) is 68.3 cm³/mol. The van der Waals surface area contributed by atoms with Gasteiger partial charge in [-0.15, -0.1) is 0 Å². The van der Waals surface area contributed by atoms with E-state index in [4.69, 9.17) is 11.6 Å². The van der Waals surface area contributed by atoms with E-state index in [0.29, 0.717) is 16.4 Å². The Bertz CT molecular complexity index is 435. The zero-order valence-electron chi connectivity index (χ0n) is 9.63. The molecule has 0 saturated heterocycles. The van der Waals surface area contributed by atoms with Crippen molar-refractivity contribution in [2.75, 3.05) is 24.2 Å². The summed E-state index contributed by atoms with van der Waals surface area (Å²) in [6, 6.07) is 4.89. The molecule has 0 spiro atoms. The Balaban J connectivity index is 2.74. The van der Waals surface area contributed by atoms with E-state index in [2.05, 4.69) is 16.0 Å². The molecule has 17 heavy (non-hydrogen) atoms. The van der Waals surface area contributed by atoms with E-state index < -0.39 is 0 Å². The van der Waals surface area contributed by atoms with Gasteiger partial charge < -0.3 is 16.0 Å². The van der Waals surface area contributed by atoms with E-state index in [0.717, 1.165) is 0 Å². The van der Waals surface area contributed by atoms with E-state index in [1.54, 1.807) is 25.2 Å². The average molecular weight is 256 g/mol. The molecule has 0 bridgehead atoms. The van der Waals surface area contributed by atoms with Crippen molar-refractivity contribution in [3.8, 4) is 0 Å². The first-order valence-electron chi connectivity index (χ1n) is 5.04. The van der Waals surface area contributed by atoms with Gasteiger partial charge in [-0.2, -0.15) is 0 Å². The van der Waals surface area contributed by atoms with E-state index in [1.807, 2.05) is 0 Å². The van der Waals surface area contributed by atoms with Crippen LogP contribution in [0.25, 0.3) is 0 Å². The number of likely N-dealkylation sites (N-methyl/N-ethyl adjacent to an activating group) is 1. The lowest BCUT2D eigenvalue weighted by Crippen LogP contribution is -2.25. The van der Waals surface area contributed by atoms with Crippen LogP contribution in [0, 0.1) is 0 Å². The highest BCUT2D eigenvalue weighted by molar-refractivity contribution is 6.34. The van der Waals surface area contributed by atoms with Crippen molar-refractivity contribution < 1.29 is 9.59 Å². The second kappa shape index (κ2) is 6.22. The molecule has 0 fully saturated rings. The van der Waals surface area contributed by atoms with Crippen LogP contribution in [0.3, 0.4) is 0 Å². The molecular formula is C11H14ClN3O2. The lowest BCUT2D eigenvalue weighted by molar-refractivity contribution is -0.115. The van der Waals surface area contributed by atoms with Crippen molar-refractivity contribution in [3.63, 3.8) is 0 Å². The smallest absolute Gasteiger partial charge is 0.238 e. The third-order valence-corrected chi connectivity index (χ3v) is 2.21. The van der Waals surface area contributed by atoms with Gasteiger partial charge in [-0.3, -0.25) is 9.59 Å². The Morgan fingerprint density at radius 1 is 1.29 bits per heavy atom. The van der Waals surface area contributed by atoms with Gasteiger partial charge >= 0.3 is 0 Å². The minimum Gasteiger partial charge on any atom is -0.325 e. The number of anilines is 2. The fourth-order valence-corrected chi connectivity index (χ4v) is 1.48. The molecule has 1 aromatic rings. The Hall–Kier alpha value is -1.59. The number of hydrogen-bond acceptors (Lipinski definition) is 3. The quantitative estimate of drug-likeness (QED) is 0.763. The van der Waals surface area contributed by atoms with Gasteiger partial charge in [0.15, 0.2) is 0 Å². The van der Waals surface area contributed by atoms with Crippen LogP contribution in [0.4, 0.5) is 11.4 Å². The second-order valence-corrected chi connectivity index (χ2v) is 3.86. The van der Waals surface area contributed by atoms with Gasteiger partial charge in [0.25, 0.3) is 0 Å². The highest BCUT2D eigenvalue weighted by Crippen LogP contribution is 2.25. The number of hydrogen-bond donors (Lipinski definition) is 3. The van der Waals surface area contributed by atoms with E-state index in [1.165, 1.54) is 6.92 Å². The molecule has 92 valence electrons. The summed E-state index contributed by atoms with van der Waals surface area (Å²) in [5, 5.41) is 8.36. The molecule has 0 aliphatic heterocycles. The molecule has 0 saturated carbocycles. The summed E-state index contributed by atoms with van der Waals surface area (Å²) in [6.07, 6.45) is 0. The molecule has 0 aliphatic rings. The first-order chi connectivity index (χ1) is 8.02. The van der Waals surface area contributed by atoms with Gasteiger partial charge in [0, 0.05) is 12.6 Å². The molecule has 1 rings (SSSR count). The molecule has 5 nitrogen and oxygen atoms in total. The minimum atomic E-state index is -0.195. The molecule has 3 N–H and O–H groups in total. The van der Waals surface area contributed by atoms with E-state index in [9.17, 15) is 9.59 Å². The SMILES string of the molecule is CNCC(=O)Nc1ccc(NC(C)=O)c(Cl)c1. The summed E-state index contributed by atoms with van der Waals surface area (Å²) in [7, 11) is 1.69. The third kappa shape index (κ3) is 4.42. The van der Waals surface area contributed by atoms with Crippen molar-refractivity contribution in [1.82, 2.24) is 5.32 Å². The minimum absolute atomic E-state index is 0.157. The Morgan fingerprint density at radius 2 is 2.00 bits per heavy atom. The van der Waals surface area contributed by atoms with Crippen LogP contribution in [-0.2, 0) is 9.59 Å². The van der Waals surface area contributed by atoms with Crippen LogP contribution in [-0.4, -0.2) is 25.4 Å². The fraction of sp³-hybridized carbons (Fsp3) is 0.273. The number of halogens is 1. The number of amides is 2. The van der Waals surface area contributed by atoms with Crippen molar-refractivity contribution in [1.29, 1.82) is 0 Å². The van der Waals surface area contributed by atoms with Crippen LogP contribution >= 0.6 is 11.6 Å². The second-order valence-electron chi connectivity index (χ2n) is 3.45. The third-order valence-electron chi connectivity index (χ3n) is 1.90. The zero-order valence-corrected chi connectivity index (χ0v) is 10.4. The molecule has 6 heteroatoms. The van der Waals surface area contributed by atoms with Gasteiger partial charge in [0.2, 0.25) is 11.8 Å². The molecular weight excluding hydrogens is 242 g/mol. The monoisotopic (exact) mass is 255 g/mol. The van der Waals surface area contributed by atoms with Crippen LogP contribution in [0.5, 0.6) is 0 Å². The molecule has 0 atom stereocenters. The summed E-state index contributed by atoms with van der Waals surface area (Å²) in [4.78, 5) is 22.2. The van der Waals surface area contributed by atoms with Crippen LogP contribution in [0.1, 0.15) is 6.92 Å². The fourth-order valence-electron chi connectivity index (χ4n) is 1.25. The lowest BCUT2D eigenvalue weighted by atomic mass is 10.2. The number of carbonyl (C=O) groups excluding carboxylic acids is 2. The maximum atomic E-state index is 11.3. The zero-order chi connectivity index (χ0) is 12.8. The number of benzene rings is 1. The lowest BCUT2D eigenvalue weighted by Gasteiger charge is -2.08. The number of nitrogens with one attached hydrogen (secondary N) is 3. The van der Waals surface area contributed by atoms with Gasteiger partial charge in [-0.1, -0.05) is 11.6 Å². The normalized spacial score (nSPS) is 9.82. The summed E-state index contributed by atoms with van der Waals surface area (Å²) < 4.78 is 0. The maximum absolute atomic E-state index is 11.3. The first kappa shape index (κ1) is 13.5. The van der Waals surface area contributed by atoms with Crippen LogP contribution in [0.2, 0.25) is 5.02 Å². The molecule has 0 aliphatic carbocycles. The van der Waals surface area contributed by atoms with Crippen molar-refractivity contribution in [2.24, 2.45) is 0 Å². The summed E-state index contributed by atoms with van der Waals surface area (Å²) in [5.74, 6) is -0.352. The van der Waals surface area contributed by atoms with E-state index >= 15 is 0 Å². The molecule has 0 radical (unpaired) electrons. The van der Waals surface area contributed by atoms with Crippen molar-refractivity contribution >= 4 is 34.8 Å². The Morgan fingerprint density at radius 3 is 2.53 bits per heavy atom. The van der Waals surface area contributed by atoms with Crippen molar-refractivity contribution in [2.45, 2.75) is 6.92 Å². The average Bonchev–Trinajstić information content (AvgIpc) is 2.22. The first-order valence-corrected chi connectivity index (χ1v) is 5.42. The number of rotatable bonds is 4. The van der Waals surface area contributed by atoms with Crippen molar-refractivity contribution in [3.05, 3.63) is 23.2 Å². The van der Waals surface area contributed by atoms with Gasteiger partial charge in [0.05, 0.1) is 17.3 Å². The maximum Gasteiger partial charge on any atom is 0.238 e. The predicted octanol–water partition coefficient (Wildman–Crippen LogP) is 1.46. The largest absolute Gasteiger partial charge is 0.325 e.